The van der Waals surface area contributed by atoms with Crippen molar-refractivity contribution in [2.45, 2.75) is 13.8 Å². The van der Waals surface area contributed by atoms with Crippen molar-refractivity contribution in [1.29, 1.82) is 0 Å². The van der Waals surface area contributed by atoms with Crippen molar-refractivity contribution >= 4 is 39.7 Å². The highest BCUT2D eigenvalue weighted by atomic mass is 79.9. The first-order chi connectivity index (χ1) is 16.2. The quantitative estimate of drug-likeness (QED) is 0.149. The lowest BCUT2D eigenvalue weighted by atomic mass is 10.1. The monoisotopic (exact) mass is 525 g/mol. The van der Waals surface area contributed by atoms with Gasteiger partial charge in [-0.2, -0.15) is 5.10 Å². The van der Waals surface area contributed by atoms with E-state index in [9.17, 15) is 19.7 Å². The number of ether oxygens (including phenoxy) is 2. The van der Waals surface area contributed by atoms with Crippen molar-refractivity contribution in [3.05, 3.63) is 97.5 Å². The minimum atomic E-state index is -0.493. The first-order valence-electron chi connectivity index (χ1n) is 10.0. The number of hydrogen-bond acceptors (Lipinski definition) is 7. The van der Waals surface area contributed by atoms with Crippen LogP contribution in [0.4, 0.5) is 5.69 Å². The molecule has 0 bridgehead atoms. The van der Waals surface area contributed by atoms with Gasteiger partial charge in [0.15, 0.2) is 6.61 Å². The Morgan fingerprint density at radius 3 is 2.35 bits per heavy atom. The number of hydrazone groups is 1. The highest BCUT2D eigenvalue weighted by molar-refractivity contribution is 9.10. The van der Waals surface area contributed by atoms with Gasteiger partial charge in [0.25, 0.3) is 11.6 Å². The van der Waals surface area contributed by atoms with Crippen molar-refractivity contribution in [1.82, 2.24) is 5.43 Å². The van der Waals surface area contributed by atoms with E-state index in [0.29, 0.717) is 38.2 Å². The van der Waals surface area contributed by atoms with Crippen LogP contribution in [0.3, 0.4) is 0 Å². The molecule has 3 aromatic carbocycles. The molecule has 0 atom stereocenters. The van der Waals surface area contributed by atoms with E-state index in [4.69, 9.17) is 9.47 Å². The molecule has 1 N–H and O–H groups in total. The smallest absolute Gasteiger partial charge is 0.344 e. The predicted molar refractivity (Wildman–Crippen MR) is 129 cm³/mol. The number of non-ortho nitro benzene ring substituents is 1. The Balaban J connectivity index is 1.51. The number of carbonyl (C=O) groups excluding carboxylic acids is 2. The summed E-state index contributed by atoms with van der Waals surface area (Å²) in [7, 11) is 0. The van der Waals surface area contributed by atoms with Crippen LogP contribution in [0, 0.1) is 24.0 Å². The molecule has 3 rings (SSSR count). The Morgan fingerprint density at radius 1 is 1.09 bits per heavy atom. The molecule has 0 saturated carbocycles. The minimum Gasteiger partial charge on any atom is -0.483 e. The second-order valence-electron chi connectivity index (χ2n) is 7.19. The molecule has 34 heavy (non-hydrogen) atoms. The summed E-state index contributed by atoms with van der Waals surface area (Å²) in [4.78, 5) is 34.7. The highest BCUT2D eigenvalue weighted by Crippen LogP contribution is 2.28. The second-order valence-corrected chi connectivity index (χ2v) is 8.04. The minimum absolute atomic E-state index is 0.0369. The summed E-state index contributed by atoms with van der Waals surface area (Å²) in [6.45, 7) is 3.04. The number of halogens is 1. The molecule has 0 aliphatic heterocycles. The van der Waals surface area contributed by atoms with E-state index in [-0.39, 0.29) is 12.3 Å². The molecule has 0 spiro atoms. The van der Waals surface area contributed by atoms with Crippen LogP contribution in [-0.4, -0.2) is 29.6 Å². The maximum atomic E-state index is 12.3. The van der Waals surface area contributed by atoms with Gasteiger partial charge in [0.1, 0.15) is 11.5 Å². The number of nitro benzene ring substituents is 1. The number of amides is 1. The van der Waals surface area contributed by atoms with Gasteiger partial charge in [-0.1, -0.05) is 12.1 Å². The van der Waals surface area contributed by atoms with Gasteiger partial charge in [0, 0.05) is 16.6 Å². The normalized spacial score (nSPS) is 10.7. The van der Waals surface area contributed by atoms with E-state index in [1.165, 1.54) is 18.3 Å². The van der Waals surface area contributed by atoms with Gasteiger partial charge < -0.3 is 9.47 Å². The molecule has 0 saturated heterocycles. The summed E-state index contributed by atoms with van der Waals surface area (Å²) in [6.07, 6.45) is 1.43. The van der Waals surface area contributed by atoms with Crippen LogP contribution in [0.25, 0.3) is 0 Å². The molecule has 10 heteroatoms. The number of esters is 1. The molecule has 0 unspecified atom stereocenters. The maximum absolute atomic E-state index is 12.3. The van der Waals surface area contributed by atoms with E-state index in [1.54, 1.807) is 62.4 Å². The van der Waals surface area contributed by atoms with E-state index in [1.807, 2.05) is 0 Å². The standard InChI is InChI=1S/C24H20BrN3O6/c1-15-11-18(28(31)32)12-16(2)23(15)33-14-22(29)27-26-13-17-7-9-19(10-8-17)34-24(30)20-5-3-4-6-21(20)25/h3-13H,14H2,1-2H3,(H,27,29)/b26-13+. The number of rotatable bonds is 8. The summed E-state index contributed by atoms with van der Waals surface area (Å²) in [6, 6.07) is 16.3. The van der Waals surface area contributed by atoms with Crippen molar-refractivity contribution in [2.24, 2.45) is 5.10 Å². The largest absolute Gasteiger partial charge is 0.483 e. The van der Waals surface area contributed by atoms with E-state index in [2.05, 4.69) is 26.5 Å². The first-order valence-corrected chi connectivity index (χ1v) is 10.8. The lowest BCUT2D eigenvalue weighted by Gasteiger charge is -2.11. The first kappa shape index (κ1) is 24.6. The Kier molecular flexibility index (Phi) is 8.10. The van der Waals surface area contributed by atoms with Crippen molar-refractivity contribution in [3.63, 3.8) is 0 Å². The van der Waals surface area contributed by atoms with E-state index < -0.39 is 16.8 Å². The Bertz CT molecular complexity index is 1230. The van der Waals surface area contributed by atoms with Crippen molar-refractivity contribution in [3.8, 4) is 11.5 Å². The zero-order valence-corrected chi connectivity index (χ0v) is 19.9. The Labute approximate surface area is 203 Å². The summed E-state index contributed by atoms with van der Waals surface area (Å²) in [5.74, 6) is -0.200. The number of nitrogens with zero attached hydrogens (tertiary/aromatic N) is 2. The number of hydrogen-bond donors (Lipinski definition) is 1. The van der Waals surface area contributed by atoms with Crippen molar-refractivity contribution in [2.75, 3.05) is 6.61 Å². The molecular weight excluding hydrogens is 506 g/mol. The molecular formula is C24H20BrN3O6. The second kappa shape index (κ2) is 11.2. The van der Waals surface area contributed by atoms with Gasteiger partial charge in [0.2, 0.25) is 0 Å². The molecule has 174 valence electrons. The van der Waals surface area contributed by atoms with E-state index >= 15 is 0 Å². The Hall–Kier alpha value is -4.05. The van der Waals surface area contributed by atoms with Gasteiger partial charge in [0.05, 0.1) is 16.7 Å². The lowest BCUT2D eigenvalue weighted by molar-refractivity contribution is -0.385. The third-order valence-corrected chi connectivity index (χ3v) is 5.28. The molecule has 0 radical (unpaired) electrons. The zero-order chi connectivity index (χ0) is 24.7. The van der Waals surface area contributed by atoms with Gasteiger partial charge >= 0.3 is 5.97 Å². The SMILES string of the molecule is Cc1cc([N+](=O)[O-])cc(C)c1OCC(=O)N/N=C/c1ccc(OC(=O)c2ccccc2Br)cc1. The topological polar surface area (TPSA) is 120 Å². The molecule has 0 fully saturated rings. The summed E-state index contributed by atoms with van der Waals surface area (Å²) >= 11 is 3.32. The third-order valence-electron chi connectivity index (χ3n) is 4.59. The van der Waals surface area contributed by atoms with Crippen LogP contribution in [0.15, 0.2) is 70.2 Å². The summed E-state index contributed by atoms with van der Waals surface area (Å²) < 4.78 is 11.5. The fourth-order valence-corrected chi connectivity index (χ4v) is 3.47. The van der Waals surface area contributed by atoms with Gasteiger partial charge in [-0.15, -0.1) is 0 Å². The molecule has 3 aromatic rings. The number of benzene rings is 3. The third kappa shape index (κ3) is 6.48. The molecule has 0 aromatic heterocycles. The summed E-state index contributed by atoms with van der Waals surface area (Å²) in [5, 5.41) is 14.8. The number of carbonyl (C=O) groups is 2. The molecule has 0 aliphatic rings. The molecule has 1 amide bonds. The molecule has 0 aliphatic carbocycles. The van der Waals surface area contributed by atoms with Crippen LogP contribution in [0.2, 0.25) is 0 Å². The average molecular weight is 526 g/mol. The maximum Gasteiger partial charge on any atom is 0.344 e. The number of nitrogens with one attached hydrogen (secondary N) is 1. The van der Waals surface area contributed by atoms with Crippen LogP contribution in [-0.2, 0) is 4.79 Å². The number of aryl methyl sites for hydroxylation is 2. The lowest BCUT2D eigenvalue weighted by Crippen LogP contribution is -2.25. The van der Waals surface area contributed by atoms with Gasteiger partial charge in [-0.05, 0) is 82.9 Å². The van der Waals surface area contributed by atoms with E-state index in [0.717, 1.165) is 0 Å². The van der Waals surface area contributed by atoms with Crippen LogP contribution >= 0.6 is 15.9 Å². The van der Waals surface area contributed by atoms with Crippen molar-refractivity contribution < 1.29 is 24.0 Å². The fraction of sp³-hybridized carbons (Fsp3) is 0.125. The van der Waals surface area contributed by atoms with Gasteiger partial charge in [-0.25, -0.2) is 10.2 Å². The van der Waals surface area contributed by atoms with Crippen LogP contribution in [0.1, 0.15) is 27.0 Å². The number of nitro groups is 1. The van der Waals surface area contributed by atoms with Crippen LogP contribution in [0.5, 0.6) is 11.5 Å². The highest BCUT2D eigenvalue weighted by Gasteiger charge is 2.14. The molecule has 9 nitrogen and oxygen atoms in total. The predicted octanol–water partition coefficient (Wildman–Crippen LogP) is 4.72. The van der Waals surface area contributed by atoms with Crippen LogP contribution < -0.4 is 14.9 Å². The Morgan fingerprint density at radius 2 is 1.74 bits per heavy atom. The fourth-order valence-electron chi connectivity index (χ4n) is 3.02. The molecule has 0 heterocycles. The summed E-state index contributed by atoms with van der Waals surface area (Å²) in [5.41, 5.74) is 4.52. The zero-order valence-electron chi connectivity index (χ0n) is 18.3. The van der Waals surface area contributed by atoms with Gasteiger partial charge in [-0.3, -0.25) is 14.9 Å². The average Bonchev–Trinajstić information content (AvgIpc) is 2.79.